The van der Waals surface area contributed by atoms with Gasteiger partial charge in [0.25, 0.3) is 5.91 Å². The normalized spacial score (nSPS) is 19.4. The molecule has 0 radical (unpaired) electrons. The fourth-order valence-corrected chi connectivity index (χ4v) is 2.72. The first-order valence-corrected chi connectivity index (χ1v) is 7.72. The molecule has 0 unspecified atom stereocenters. The zero-order chi connectivity index (χ0) is 14.8. The smallest absolute Gasteiger partial charge is 0.253 e. The SMILES string of the molecule is O=C(NC1CCN(C(=O)C2CC2)CC1)c1ccc(Cl)nc1. The highest BCUT2D eigenvalue weighted by Crippen LogP contribution is 2.31. The maximum absolute atomic E-state index is 12.1. The molecule has 1 aromatic heterocycles. The highest BCUT2D eigenvalue weighted by atomic mass is 35.5. The zero-order valence-electron chi connectivity index (χ0n) is 11.7. The molecule has 2 aliphatic rings. The number of carbonyl (C=O) groups is 2. The number of carbonyl (C=O) groups excluding carboxylic acids is 2. The number of likely N-dealkylation sites (tertiary alicyclic amines) is 1. The summed E-state index contributed by atoms with van der Waals surface area (Å²) in [5, 5.41) is 3.37. The molecule has 1 aromatic rings. The van der Waals surface area contributed by atoms with Gasteiger partial charge in [0, 0.05) is 31.2 Å². The topological polar surface area (TPSA) is 62.3 Å². The molecule has 1 saturated carbocycles. The van der Waals surface area contributed by atoms with Crippen LogP contribution in [-0.4, -0.2) is 40.8 Å². The van der Waals surface area contributed by atoms with E-state index in [9.17, 15) is 9.59 Å². The van der Waals surface area contributed by atoms with E-state index >= 15 is 0 Å². The van der Waals surface area contributed by atoms with Crippen molar-refractivity contribution < 1.29 is 9.59 Å². The Labute approximate surface area is 128 Å². The van der Waals surface area contributed by atoms with Gasteiger partial charge >= 0.3 is 0 Å². The summed E-state index contributed by atoms with van der Waals surface area (Å²) in [5.74, 6) is 0.434. The van der Waals surface area contributed by atoms with Crippen LogP contribution in [0.4, 0.5) is 0 Å². The molecule has 21 heavy (non-hydrogen) atoms. The van der Waals surface area contributed by atoms with Crippen LogP contribution < -0.4 is 5.32 Å². The number of nitrogens with zero attached hydrogens (tertiary/aromatic N) is 2. The van der Waals surface area contributed by atoms with Crippen molar-refractivity contribution in [1.29, 1.82) is 0 Å². The van der Waals surface area contributed by atoms with Crippen molar-refractivity contribution in [2.75, 3.05) is 13.1 Å². The van der Waals surface area contributed by atoms with Crippen molar-refractivity contribution in [1.82, 2.24) is 15.2 Å². The molecule has 2 amide bonds. The maximum atomic E-state index is 12.1. The van der Waals surface area contributed by atoms with Crippen molar-refractivity contribution in [3.05, 3.63) is 29.0 Å². The molecule has 112 valence electrons. The molecule has 6 heteroatoms. The van der Waals surface area contributed by atoms with E-state index in [0.717, 1.165) is 38.8 Å². The fraction of sp³-hybridized carbons (Fsp3) is 0.533. The maximum Gasteiger partial charge on any atom is 0.253 e. The van der Waals surface area contributed by atoms with Crippen molar-refractivity contribution in [3.8, 4) is 0 Å². The summed E-state index contributed by atoms with van der Waals surface area (Å²) in [6, 6.07) is 3.39. The third-order valence-electron chi connectivity index (χ3n) is 4.06. The number of piperidine rings is 1. The second-order valence-electron chi connectivity index (χ2n) is 5.72. The Morgan fingerprint density at radius 2 is 1.90 bits per heavy atom. The van der Waals surface area contributed by atoms with Crippen molar-refractivity contribution in [2.24, 2.45) is 5.92 Å². The van der Waals surface area contributed by atoms with Crippen LogP contribution in [0.5, 0.6) is 0 Å². The van der Waals surface area contributed by atoms with Crippen molar-refractivity contribution >= 4 is 23.4 Å². The van der Waals surface area contributed by atoms with Crippen LogP contribution in [0.3, 0.4) is 0 Å². The van der Waals surface area contributed by atoms with Crippen molar-refractivity contribution in [2.45, 2.75) is 31.7 Å². The molecule has 2 heterocycles. The summed E-state index contributed by atoms with van der Waals surface area (Å²) >= 11 is 5.70. The summed E-state index contributed by atoms with van der Waals surface area (Å²) < 4.78 is 0. The largest absolute Gasteiger partial charge is 0.349 e. The van der Waals surface area contributed by atoms with E-state index in [0.29, 0.717) is 16.6 Å². The number of halogens is 1. The first kappa shape index (κ1) is 14.3. The Bertz CT molecular complexity index is 534. The van der Waals surface area contributed by atoms with Gasteiger partial charge in [-0.2, -0.15) is 0 Å². The highest BCUT2D eigenvalue weighted by Gasteiger charge is 2.35. The van der Waals surface area contributed by atoms with Gasteiger partial charge in [0.05, 0.1) is 5.56 Å². The van der Waals surface area contributed by atoms with Gasteiger partial charge in [0.1, 0.15) is 5.15 Å². The van der Waals surface area contributed by atoms with Crippen LogP contribution in [0.2, 0.25) is 5.15 Å². The second-order valence-corrected chi connectivity index (χ2v) is 6.10. The van der Waals surface area contributed by atoms with Crippen LogP contribution in [-0.2, 0) is 4.79 Å². The fourth-order valence-electron chi connectivity index (χ4n) is 2.61. The first-order valence-electron chi connectivity index (χ1n) is 7.34. The minimum absolute atomic E-state index is 0.122. The lowest BCUT2D eigenvalue weighted by Crippen LogP contribution is -2.47. The summed E-state index contributed by atoms with van der Waals surface area (Å²) in [6.07, 6.45) is 5.18. The third-order valence-corrected chi connectivity index (χ3v) is 4.28. The van der Waals surface area contributed by atoms with E-state index in [1.165, 1.54) is 6.20 Å². The summed E-state index contributed by atoms with van der Waals surface area (Å²) in [6.45, 7) is 1.47. The van der Waals surface area contributed by atoms with Gasteiger partial charge in [0.2, 0.25) is 5.91 Å². The van der Waals surface area contributed by atoms with Gasteiger partial charge in [-0.05, 0) is 37.8 Å². The van der Waals surface area contributed by atoms with E-state index in [1.54, 1.807) is 12.1 Å². The van der Waals surface area contributed by atoms with E-state index < -0.39 is 0 Å². The van der Waals surface area contributed by atoms with E-state index in [2.05, 4.69) is 10.3 Å². The Morgan fingerprint density at radius 1 is 1.19 bits per heavy atom. The molecular formula is C15H18ClN3O2. The van der Waals surface area contributed by atoms with Crippen LogP contribution in [0, 0.1) is 5.92 Å². The molecule has 0 bridgehead atoms. The number of pyridine rings is 1. The van der Waals surface area contributed by atoms with E-state index in [1.807, 2.05) is 4.90 Å². The van der Waals surface area contributed by atoms with Crippen LogP contribution in [0.1, 0.15) is 36.0 Å². The molecule has 0 aromatic carbocycles. The summed E-state index contributed by atoms with van der Waals surface area (Å²) in [4.78, 5) is 29.9. The average Bonchev–Trinajstić information content (AvgIpc) is 3.32. The van der Waals surface area contributed by atoms with Gasteiger partial charge in [-0.3, -0.25) is 9.59 Å². The standard InChI is InChI=1S/C15H18ClN3O2/c16-13-4-3-11(9-17-13)14(20)18-12-5-7-19(8-6-12)15(21)10-1-2-10/h3-4,9-10,12H,1-2,5-8H2,(H,18,20). The number of rotatable bonds is 3. The van der Waals surface area contributed by atoms with E-state index in [-0.39, 0.29) is 17.9 Å². The summed E-state index contributed by atoms with van der Waals surface area (Å²) in [7, 11) is 0. The van der Waals surface area contributed by atoms with Gasteiger partial charge in [0.15, 0.2) is 0 Å². The monoisotopic (exact) mass is 307 g/mol. The van der Waals surface area contributed by atoms with Gasteiger partial charge < -0.3 is 10.2 Å². The highest BCUT2D eigenvalue weighted by molar-refractivity contribution is 6.29. The van der Waals surface area contributed by atoms with Crippen LogP contribution >= 0.6 is 11.6 Å². The lowest BCUT2D eigenvalue weighted by molar-refractivity contribution is -0.133. The number of nitrogens with one attached hydrogen (secondary N) is 1. The van der Waals surface area contributed by atoms with Crippen LogP contribution in [0.25, 0.3) is 0 Å². The van der Waals surface area contributed by atoms with E-state index in [4.69, 9.17) is 11.6 Å². The van der Waals surface area contributed by atoms with Gasteiger partial charge in [-0.1, -0.05) is 11.6 Å². The second kappa shape index (κ2) is 6.02. The number of hydrogen-bond donors (Lipinski definition) is 1. The Kier molecular flexibility index (Phi) is 4.10. The molecular weight excluding hydrogens is 290 g/mol. The Morgan fingerprint density at radius 3 is 2.48 bits per heavy atom. The number of amides is 2. The number of hydrogen-bond acceptors (Lipinski definition) is 3. The molecule has 5 nitrogen and oxygen atoms in total. The minimum atomic E-state index is -0.133. The quantitative estimate of drug-likeness (QED) is 0.867. The predicted molar refractivity (Wildman–Crippen MR) is 79.0 cm³/mol. The molecule has 1 aliphatic heterocycles. The lowest BCUT2D eigenvalue weighted by Gasteiger charge is -2.32. The minimum Gasteiger partial charge on any atom is -0.349 e. The lowest BCUT2D eigenvalue weighted by atomic mass is 10.0. The molecule has 0 spiro atoms. The molecule has 3 rings (SSSR count). The Balaban J connectivity index is 1.49. The predicted octanol–water partition coefficient (Wildman–Crippen LogP) is 1.87. The first-order chi connectivity index (χ1) is 10.1. The molecule has 0 atom stereocenters. The third kappa shape index (κ3) is 3.53. The van der Waals surface area contributed by atoms with Crippen LogP contribution in [0.15, 0.2) is 18.3 Å². The molecule has 1 N–H and O–H groups in total. The average molecular weight is 308 g/mol. The molecule has 2 fully saturated rings. The van der Waals surface area contributed by atoms with Gasteiger partial charge in [-0.25, -0.2) is 4.98 Å². The zero-order valence-corrected chi connectivity index (χ0v) is 12.5. The molecule has 1 aliphatic carbocycles. The van der Waals surface area contributed by atoms with Gasteiger partial charge in [-0.15, -0.1) is 0 Å². The number of aromatic nitrogens is 1. The Hall–Kier alpha value is -1.62. The van der Waals surface area contributed by atoms with Crippen molar-refractivity contribution in [3.63, 3.8) is 0 Å². The summed E-state index contributed by atoms with van der Waals surface area (Å²) in [5.41, 5.74) is 0.510. The molecule has 1 saturated heterocycles.